The third kappa shape index (κ3) is 5.16. The van der Waals surface area contributed by atoms with Crippen LogP contribution in [0.1, 0.15) is 11.1 Å². The fraction of sp³-hybridized carbons (Fsp3) is 0.188. The Kier molecular flexibility index (Phi) is 5.92. The number of benzene rings is 2. The molecule has 0 amide bonds. The van der Waals surface area contributed by atoms with Crippen LogP contribution in [0.3, 0.4) is 0 Å². The second kappa shape index (κ2) is 7.72. The molecule has 0 heterocycles. The Balaban J connectivity index is 2.26. The van der Waals surface area contributed by atoms with Crippen LogP contribution in [0, 0.1) is 0 Å². The Labute approximate surface area is 143 Å². The topological polar surface area (TPSA) is 74.7 Å². The van der Waals surface area contributed by atoms with Crippen LogP contribution in [0.4, 0.5) is 0 Å². The number of rotatable bonds is 7. The van der Waals surface area contributed by atoms with E-state index in [1.807, 2.05) is 6.07 Å². The summed E-state index contributed by atoms with van der Waals surface area (Å²) in [6, 6.07) is 15.8. The minimum Gasteiger partial charge on any atom is -0.480 e. The van der Waals surface area contributed by atoms with Gasteiger partial charge in [0.05, 0.1) is 5.75 Å². The Bertz CT molecular complexity index is 778. The maximum atomic E-state index is 12.6. The van der Waals surface area contributed by atoms with E-state index in [-0.39, 0.29) is 12.3 Å². The van der Waals surface area contributed by atoms with Gasteiger partial charge in [-0.05, 0) is 17.2 Å². The molecule has 0 aliphatic heterocycles. The van der Waals surface area contributed by atoms with E-state index in [0.29, 0.717) is 11.1 Å². The zero-order valence-corrected chi connectivity index (χ0v) is 14.6. The first kappa shape index (κ1) is 17.7. The number of hydrogen-bond donors (Lipinski definition) is 1. The molecule has 0 unspecified atom stereocenters. The summed E-state index contributed by atoms with van der Waals surface area (Å²) in [7, 11) is -3.75. The first-order chi connectivity index (χ1) is 10.9. The van der Waals surface area contributed by atoms with Gasteiger partial charge in [0.25, 0.3) is 0 Å². The van der Waals surface area contributed by atoms with E-state index in [2.05, 4.69) is 15.9 Å². The highest BCUT2D eigenvalue weighted by molar-refractivity contribution is 9.10. The minimum absolute atomic E-state index is 0.00287. The molecule has 2 rings (SSSR count). The third-order valence-corrected chi connectivity index (χ3v) is 5.72. The van der Waals surface area contributed by atoms with Gasteiger partial charge in [0, 0.05) is 11.0 Å². The van der Waals surface area contributed by atoms with E-state index in [9.17, 15) is 13.2 Å². The number of carboxylic acid groups (broad SMARTS) is 1. The quantitative estimate of drug-likeness (QED) is 0.779. The molecule has 23 heavy (non-hydrogen) atoms. The van der Waals surface area contributed by atoms with Crippen molar-refractivity contribution in [3.05, 3.63) is 70.2 Å². The lowest BCUT2D eigenvalue weighted by atomic mass is 10.2. The van der Waals surface area contributed by atoms with Gasteiger partial charge in [0.15, 0.2) is 0 Å². The maximum absolute atomic E-state index is 12.6. The Morgan fingerprint density at radius 3 is 2.26 bits per heavy atom. The monoisotopic (exact) mass is 397 g/mol. The third-order valence-electron chi connectivity index (χ3n) is 3.20. The molecule has 0 saturated heterocycles. The summed E-state index contributed by atoms with van der Waals surface area (Å²) in [5, 5.41) is 9.04. The molecule has 2 aromatic rings. The number of sulfonamides is 1. The zero-order chi connectivity index (χ0) is 16.9. The van der Waals surface area contributed by atoms with Crippen LogP contribution in [0.2, 0.25) is 0 Å². The largest absolute Gasteiger partial charge is 0.480 e. The number of carboxylic acids is 1. The molecule has 0 aliphatic carbocycles. The molecular formula is C16H16BrNO4S. The fourth-order valence-electron chi connectivity index (χ4n) is 2.10. The van der Waals surface area contributed by atoms with Gasteiger partial charge in [-0.15, -0.1) is 0 Å². The highest BCUT2D eigenvalue weighted by Gasteiger charge is 2.25. The van der Waals surface area contributed by atoms with Crippen LogP contribution in [-0.4, -0.2) is 30.3 Å². The summed E-state index contributed by atoms with van der Waals surface area (Å²) in [4.78, 5) is 11.1. The Hall–Kier alpha value is -1.70. The molecule has 0 saturated carbocycles. The number of halogens is 1. The van der Waals surface area contributed by atoms with E-state index in [1.165, 1.54) is 0 Å². The smallest absolute Gasteiger partial charge is 0.318 e. The van der Waals surface area contributed by atoms with Gasteiger partial charge < -0.3 is 5.11 Å². The van der Waals surface area contributed by atoms with Crippen LogP contribution >= 0.6 is 15.9 Å². The molecule has 7 heteroatoms. The average molecular weight is 398 g/mol. The van der Waals surface area contributed by atoms with E-state index in [4.69, 9.17) is 5.11 Å². The zero-order valence-electron chi connectivity index (χ0n) is 12.2. The number of nitrogens with zero attached hydrogens (tertiary/aromatic N) is 1. The van der Waals surface area contributed by atoms with Crippen LogP contribution in [0.5, 0.6) is 0 Å². The van der Waals surface area contributed by atoms with E-state index < -0.39 is 22.5 Å². The van der Waals surface area contributed by atoms with Crippen LogP contribution in [-0.2, 0) is 27.1 Å². The van der Waals surface area contributed by atoms with Gasteiger partial charge >= 0.3 is 5.97 Å². The van der Waals surface area contributed by atoms with Crippen molar-refractivity contribution in [1.29, 1.82) is 0 Å². The molecule has 0 fully saturated rings. The van der Waals surface area contributed by atoms with E-state index in [0.717, 1.165) is 8.78 Å². The molecular weight excluding hydrogens is 382 g/mol. The molecule has 1 N–H and O–H groups in total. The normalized spacial score (nSPS) is 11.6. The lowest BCUT2D eigenvalue weighted by Crippen LogP contribution is -2.36. The molecule has 2 aromatic carbocycles. The minimum atomic E-state index is -3.75. The number of aliphatic carboxylic acids is 1. The van der Waals surface area contributed by atoms with E-state index in [1.54, 1.807) is 48.5 Å². The second-order valence-corrected chi connectivity index (χ2v) is 7.82. The Morgan fingerprint density at radius 2 is 1.65 bits per heavy atom. The molecule has 0 aliphatic rings. The molecule has 0 atom stereocenters. The first-order valence-electron chi connectivity index (χ1n) is 6.85. The summed E-state index contributed by atoms with van der Waals surface area (Å²) in [6.45, 7) is -0.570. The van der Waals surface area contributed by atoms with Gasteiger partial charge in [-0.1, -0.05) is 64.5 Å². The van der Waals surface area contributed by atoms with Crippen molar-refractivity contribution < 1.29 is 18.3 Å². The van der Waals surface area contributed by atoms with Gasteiger partial charge in [0.1, 0.15) is 6.54 Å². The maximum Gasteiger partial charge on any atom is 0.318 e. The van der Waals surface area contributed by atoms with Crippen molar-refractivity contribution in [2.45, 2.75) is 12.3 Å². The highest BCUT2D eigenvalue weighted by Crippen LogP contribution is 2.20. The lowest BCUT2D eigenvalue weighted by Gasteiger charge is -2.21. The second-order valence-electron chi connectivity index (χ2n) is 5.00. The highest BCUT2D eigenvalue weighted by atomic mass is 79.9. The van der Waals surface area contributed by atoms with Crippen LogP contribution in [0.25, 0.3) is 0 Å². The molecule has 0 aromatic heterocycles. The Morgan fingerprint density at radius 1 is 1.04 bits per heavy atom. The molecule has 0 bridgehead atoms. The van der Waals surface area contributed by atoms with Gasteiger partial charge in [-0.3, -0.25) is 4.79 Å². The molecule has 5 nitrogen and oxygen atoms in total. The molecule has 0 spiro atoms. The summed E-state index contributed by atoms with van der Waals surface area (Å²) in [5.74, 6) is -1.42. The van der Waals surface area contributed by atoms with Crippen LogP contribution < -0.4 is 0 Å². The SMILES string of the molecule is O=C(O)CN(Cc1ccccc1Br)S(=O)(=O)Cc1ccccc1. The van der Waals surface area contributed by atoms with Gasteiger partial charge in [0.2, 0.25) is 10.0 Å². The molecule has 0 radical (unpaired) electrons. The fourth-order valence-corrected chi connectivity index (χ4v) is 3.95. The van der Waals surface area contributed by atoms with Crippen molar-refractivity contribution in [1.82, 2.24) is 4.31 Å². The standard InChI is InChI=1S/C16H16BrNO4S/c17-15-9-5-4-8-14(15)10-18(11-16(19)20)23(21,22)12-13-6-2-1-3-7-13/h1-9H,10-12H2,(H,19,20). The molecule has 122 valence electrons. The summed E-state index contributed by atoms with van der Waals surface area (Å²) >= 11 is 3.36. The summed E-state index contributed by atoms with van der Waals surface area (Å²) in [6.07, 6.45) is 0. The van der Waals surface area contributed by atoms with Crippen molar-refractivity contribution in [2.75, 3.05) is 6.54 Å². The van der Waals surface area contributed by atoms with E-state index >= 15 is 0 Å². The van der Waals surface area contributed by atoms with Crippen molar-refractivity contribution in [3.8, 4) is 0 Å². The number of hydrogen-bond acceptors (Lipinski definition) is 3. The van der Waals surface area contributed by atoms with Gasteiger partial charge in [-0.2, -0.15) is 4.31 Å². The predicted molar refractivity (Wildman–Crippen MR) is 91.3 cm³/mol. The van der Waals surface area contributed by atoms with Crippen LogP contribution in [0.15, 0.2) is 59.1 Å². The van der Waals surface area contributed by atoms with Crippen molar-refractivity contribution in [3.63, 3.8) is 0 Å². The predicted octanol–water partition coefficient (Wildman–Crippen LogP) is 2.87. The van der Waals surface area contributed by atoms with Crippen molar-refractivity contribution in [2.24, 2.45) is 0 Å². The average Bonchev–Trinajstić information content (AvgIpc) is 2.49. The first-order valence-corrected chi connectivity index (χ1v) is 9.25. The van der Waals surface area contributed by atoms with Crippen molar-refractivity contribution >= 4 is 31.9 Å². The summed E-state index contributed by atoms with van der Waals surface area (Å²) in [5.41, 5.74) is 1.33. The van der Waals surface area contributed by atoms with Gasteiger partial charge in [-0.25, -0.2) is 8.42 Å². The lowest BCUT2D eigenvalue weighted by molar-refractivity contribution is -0.137. The summed E-state index contributed by atoms with van der Waals surface area (Å²) < 4.78 is 26.9. The number of carbonyl (C=O) groups is 1.